The molecule has 3 aromatic rings. The number of amides is 2. The van der Waals surface area contributed by atoms with Gasteiger partial charge in [-0.1, -0.05) is 56.0 Å². The predicted octanol–water partition coefficient (Wildman–Crippen LogP) is 4.66. The largest absolute Gasteiger partial charge is 0.467 e. The Balaban J connectivity index is 1.49. The zero-order valence-corrected chi connectivity index (χ0v) is 28.2. The molecular formula is C38H42N2O10. The molecule has 0 fully saturated rings. The van der Waals surface area contributed by atoms with Gasteiger partial charge < -0.3 is 29.6 Å². The molecule has 2 atom stereocenters. The van der Waals surface area contributed by atoms with Gasteiger partial charge >= 0.3 is 23.9 Å². The van der Waals surface area contributed by atoms with Gasteiger partial charge in [-0.15, -0.1) is 0 Å². The maximum atomic E-state index is 12.9. The average molecular weight is 687 g/mol. The summed E-state index contributed by atoms with van der Waals surface area (Å²) in [5, 5.41) is 5.51. The summed E-state index contributed by atoms with van der Waals surface area (Å²) in [6.45, 7) is 0. The van der Waals surface area contributed by atoms with Crippen LogP contribution in [0.15, 0.2) is 72.8 Å². The lowest BCUT2D eigenvalue weighted by atomic mass is 10.0. The van der Waals surface area contributed by atoms with Crippen LogP contribution in [0.3, 0.4) is 0 Å². The van der Waals surface area contributed by atoms with E-state index in [4.69, 9.17) is 18.9 Å². The molecule has 0 aliphatic carbocycles. The molecule has 2 amide bonds. The fourth-order valence-electron chi connectivity index (χ4n) is 5.45. The molecule has 0 radical (unpaired) electrons. The van der Waals surface area contributed by atoms with E-state index in [1.165, 1.54) is 38.5 Å². The number of hydrogen-bond acceptors (Lipinski definition) is 10. The molecule has 50 heavy (non-hydrogen) atoms. The van der Waals surface area contributed by atoms with E-state index < -0.39 is 36.0 Å². The van der Waals surface area contributed by atoms with Crippen LogP contribution in [0.25, 0.3) is 0 Å². The molecule has 2 N–H and O–H groups in total. The van der Waals surface area contributed by atoms with Crippen LogP contribution in [0.2, 0.25) is 0 Å². The summed E-state index contributed by atoms with van der Waals surface area (Å²) in [7, 11) is 2.51. The SMILES string of the molecule is COC(=O)C1Cc2ccc(cc2)OC(=O)c2cccc(c2)C(=O)Oc2ccc(cc2)CC(C(=O)OC)NC(=O)CCCCCCCCC(=O)N1. The number of methoxy groups -OCH3 is 2. The topological polar surface area (TPSA) is 163 Å². The summed E-state index contributed by atoms with van der Waals surface area (Å²) in [6.07, 6.45) is 5.53. The van der Waals surface area contributed by atoms with Crippen molar-refractivity contribution in [2.45, 2.75) is 76.3 Å². The van der Waals surface area contributed by atoms with E-state index in [1.807, 2.05) is 0 Å². The van der Waals surface area contributed by atoms with Crippen LogP contribution in [0, 0.1) is 0 Å². The molecule has 6 rings (SSSR count). The van der Waals surface area contributed by atoms with Crippen molar-refractivity contribution in [2.24, 2.45) is 0 Å². The van der Waals surface area contributed by atoms with E-state index in [-0.39, 0.29) is 60.1 Å². The highest BCUT2D eigenvalue weighted by atomic mass is 16.5. The Labute approximate surface area is 290 Å². The Hall–Kier alpha value is -5.52. The number of carbonyl (C=O) groups excluding carboxylic acids is 6. The van der Waals surface area contributed by atoms with Crippen molar-refractivity contribution in [3.63, 3.8) is 0 Å². The van der Waals surface area contributed by atoms with E-state index in [1.54, 1.807) is 48.5 Å². The summed E-state index contributed by atoms with van der Waals surface area (Å²) in [5.41, 5.74) is 1.67. The third-order valence-corrected chi connectivity index (χ3v) is 8.18. The van der Waals surface area contributed by atoms with Crippen LogP contribution in [-0.4, -0.2) is 62.0 Å². The Bertz CT molecular complexity index is 1530. The minimum Gasteiger partial charge on any atom is -0.467 e. The van der Waals surface area contributed by atoms with Gasteiger partial charge in [0.2, 0.25) is 11.8 Å². The van der Waals surface area contributed by atoms with Gasteiger partial charge in [-0.2, -0.15) is 0 Å². The Morgan fingerprint density at radius 3 is 1.34 bits per heavy atom. The average Bonchev–Trinajstić information content (AvgIpc) is 3.12. The highest BCUT2D eigenvalue weighted by Crippen LogP contribution is 2.19. The second-order valence-electron chi connectivity index (χ2n) is 12.0. The number of esters is 4. The van der Waals surface area contributed by atoms with Gasteiger partial charge in [-0.05, 0) is 66.4 Å². The molecule has 0 spiro atoms. The maximum absolute atomic E-state index is 12.9. The van der Waals surface area contributed by atoms with Crippen LogP contribution in [-0.2, 0) is 41.5 Å². The molecule has 12 heteroatoms. The molecule has 0 saturated heterocycles. The molecule has 2 unspecified atom stereocenters. The number of fused-ring (bicyclic) bond motifs is 2. The van der Waals surface area contributed by atoms with E-state index >= 15 is 0 Å². The van der Waals surface area contributed by atoms with Gasteiger partial charge in [-0.3, -0.25) is 9.59 Å². The van der Waals surface area contributed by atoms with Gasteiger partial charge in [0.15, 0.2) is 0 Å². The highest BCUT2D eigenvalue weighted by Gasteiger charge is 2.23. The van der Waals surface area contributed by atoms with Crippen LogP contribution >= 0.6 is 0 Å². The number of hydrogen-bond donors (Lipinski definition) is 2. The molecule has 264 valence electrons. The highest BCUT2D eigenvalue weighted by molar-refractivity contribution is 5.96. The molecule has 12 nitrogen and oxygen atoms in total. The van der Waals surface area contributed by atoms with E-state index in [9.17, 15) is 28.8 Å². The van der Waals surface area contributed by atoms with Gasteiger partial charge in [0.1, 0.15) is 23.6 Å². The van der Waals surface area contributed by atoms with Crippen molar-refractivity contribution in [1.82, 2.24) is 10.6 Å². The number of ether oxygens (including phenoxy) is 4. The second kappa shape index (κ2) is 18.9. The van der Waals surface area contributed by atoms with Crippen LogP contribution in [0.1, 0.15) is 83.2 Å². The molecule has 3 aliphatic rings. The van der Waals surface area contributed by atoms with Crippen molar-refractivity contribution in [1.29, 1.82) is 0 Å². The molecule has 0 saturated carbocycles. The first kappa shape index (κ1) is 37.3. The lowest BCUT2D eigenvalue weighted by molar-refractivity contribution is -0.145. The van der Waals surface area contributed by atoms with Crippen molar-refractivity contribution >= 4 is 35.7 Å². The van der Waals surface area contributed by atoms with E-state index in [2.05, 4.69) is 10.6 Å². The molecule has 0 aromatic heterocycles. The number of nitrogens with one attached hydrogen (secondary N) is 2. The third-order valence-electron chi connectivity index (χ3n) is 8.18. The molecule has 3 heterocycles. The first-order chi connectivity index (χ1) is 24.1. The fraction of sp³-hybridized carbons (Fsp3) is 0.368. The number of carbonyl (C=O) groups is 6. The van der Waals surface area contributed by atoms with Crippen molar-refractivity contribution in [2.75, 3.05) is 14.2 Å². The molecule has 3 aromatic carbocycles. The van der Waals surface area contributed by atoms with E-state index in [0.717, 1.165) is 25.7 Å². The van der Waals surface area contributed by atoms with Gasteiger partial charge in [-0.25, -0.2) is 19.2 Å². The lowest BCUT2D eigenvalue weighted by Crippen LogP contribution is -2.43. The first-order valence-electron chi connectivity index (χ1n) is 16.6. The minimum atomic E-state index is -0.893. The standard InChI is InChI=1S/C38H42N2O10/c1-47-37(45)31-22-25-14-18-29(19-15-25)49-35(43)27-10-9-11-28(24-27)36(44)50-30-20-16-26(17-21-30)23-32(38(46)48-2)40-34(42)13-8-6-4-3-5-7-12-33(41)39-31/h9-11,14-21,24,31-32H,3-8,12-13,22-23H2,1-2H3,(H,39,41)(H,40,42). The Morgan fingerprint density at radius 2 is 0.960 bits per heavy atom. The van der Waals surface area contributed by atoms with Crippen LogP contribution < -0.4 is 20.1 Å². The second-order valence-corrected chi connectivity index (χ2v) is 12.0. The zero-order valence-electron chi connectivity index (χ0n) is 28.2. The predicted molar refractivity (Wildman–Crippen MR) is 181 cm³/mol. The van der Waals surface area contributed by atoms with Crippen molar-refractivity contribution in [3.05, 3.63) is 95.1 Å². The van der Waals surface area contributed by atoms with Crippen molar-refractivity contribution < 1.29 is 47.7 Å². The van der Waals surface area contributed by atoms with Gasteiger partial charge in [0.05, 0.1) is 25.3 Å². The maximum Gasteiger partial charge on any atom is 0.343 e. The molecule has 6 bridgehead atoms. The summed E-state index contributed by atoms with van der Waals surface area (Å²) < 4.78 is 20.8. The molecule has 3 aliphatic heterocycles. The third kappa shape index (κ3) is 11.6. The summed E-state index contributed by atoms with van der Waals surface area (Å²) in [6, 6.07) is 17.2. The monoisotopic (exact) mass is 686 g/mol. The number of benzene rings is 3. The fourth-order valence-corrected chi connectivity index (χ4v) is 5.45. The smallest absolute Gasteiger partial charge is 0.343 e. The Kier molecular flexibility index (Phi) is 14.1. The Morgan fingerprint density at radius 1 is 0.580 bits per heavy atom. The number of rotatable bonds is 2. The lowest BCUT2D eigenvalue weighted by Gasteiger charge is -2.17. The first-order valence-corrected chi connectivity index (χ1v) is 16.6. The van der Waals surface area contributed by atoms with Crippen molar-refractivity contribution in [3.8, 4) is 11.5 Å². The van der Waals surface area contributed by atoms with Crippen LogP contribution in [0.5, 0.6) is 11.5 Å². The van der Waals surface area contributed by atoms with Crippen LogP contribution in [0.4, 0.5) is 0 Å². The van der Waals surface area contributed by atoms with Gasteiger partial charge in [0.25, 0.3) is 0 Å². The normalized spacial score (nSPS) is 18.8. The quantitative estimate of drug-likeness (QED) is 0.286. The summed E-state index contributed by atoms with van der Waals surface area (Å²) in [4.78, 5) is 76.0. The van der Waals surface area contributed by atoms with E-state index in [0.29, 0.717) is 24.0 Å². The summed E-state index contributed by atoms with van der Waals surface area (Å²) >= 11 is 0. The minimum absolute atomic E-state index is 0.124. The zero-order chi connectivity index (χ0) is 35.9. The molecular weight excluding hydrogens is 644 g/mol. The summed E-state index contributed by atoms with van der Waals surface area (Å²) in [5.74, 6) is -2.58. The van der Waals surface area contributed by atoms with Gasteiger partial charge in [0, 0.05) is 25.7 Å².